The summed E-state index contributed by atoms with van der Waals surface area (Å²) in [6, 6.07) is 2.04. The molecule has 3 nitrogen and oxygen atoms in total. The zero-order valence-corrected chi connectivity index (χ0v) is 12.2. The molecule has 94 valence electrons. The van der Waals surface area contributed by atoms with E-state index in [4.69, 9.17) is 15.2 Å². The van der Waals surface area contributed by atoms with Gasteiger partial charge < -0.3 is 15.2 Å². The molecular formula is C13H18BrNO2. The fraction of sp³-hybridized carbons (Fsp3) is 0.538. The van der Waals surface area contributed by atoms with Gasteiger partial charge in [0.25, 0.3) is 0 Å². The molecular weight excluding hydrogens is 282 g/mol. The van der Waals surface area contributed by atoms with Gasteiger partial charge >= 0.3 is 0 Å². The molecule has 2 rings (SSSR count). The maximum Gasteiger partial charge on any atom is 0.231 e. The topological polar surface area (TPSA) is 44.5 Å². The summed E-state index contributed by atoms with van der Waals surface area (Å²) >= 11 is 3.51. The number of hydrogen-bond acceptors (Lipinski definition) is 3. The Labute approximate surface area is 110 Å². The average molecular weight is 300 g/mol. The highest BCUT2D eigenvalue weighted by molar-refractivity contribution is 9.10. The van der Waals surface area contributed by atoms with Gasteiger partial charge in [-0.3, -0.25) is 0 Å². The first-order chi connectivity index (χ1) is 7.82. The van der Waals surface area contributed by atoms with Crippen molar-refractivity contribution >= 4 is 15.9 Å². The van der Waals surface area contributed by atoms with Gasteiger partial charge in [0, 0.05) is 11.1 Å². The summed E-state index contributed by atoms with van der Waals surface area (Å²) in [6.07, 6.45) is 0. The van der Waals surface area contributed by atoms with Gasteiger partial charge in [0.2, 0.25) is 6.79 Å². The normalized spacial score (nSPS) is 14.5. The van der Waals surface area contributed by atoms with E-state index in [0.717, 1.165) is 27.1 Å². The maximum atomic E-state index is 6.24. The third kappa shape index (κ3) is 2.16. The quantitative estimate of drug-likeness (QED) is 0.909. The number of nitrogens with two attached hydrogens (primary N) is 1. The van der Waals surface area contributed by atoms with Gasteiger partial charge in [-0.15, -0.1) is 0 Å². The van der Waals surface area contributed by atoms with Crippen molar-refractivity contribution in [3.05, 3.63) is 21.7 Å². The van der Waals surface area contributed by atoms with Crippen LogP contribution in [0.4, 0.5) is 0 Å². The van der Waals surface area contributed by atoms with Crippen LogP contribution in [0.5, 0.6) is 11.5 Å². The van der Waals surface area contributed by atoms with E-state index in [-0.39, 0.29) is 6.79 Å². The Bertz CT molecular complexity index is 450. The molecule has 0 bridgehead atoms. The van der Waals surface area contributed by atoms with Crippen LogP contribution in [-0.4, -0.2) is 6.79 Å². The van der Waals surface area contributed by atoms with Gasteiger partial charge in [-0.05, 0) is 47.3 Å². The van der Waals surface area contributed by atoms with Crippen molar-refractivity contribution in [3.63, 3.8) is 0 Å². The predicted octanol–water partition coefficient (Wildman–Crippen LogP) is 3.50. The Kier molecular flexibility index (Phi) is 3.12. The van der Waals surface area contributed by atoms with Crippen LogP contribution >= 0.6 is 15.9 Å². The summed E-state index contributed by atoms with van der Waals surface area (Å²) < 4.78 is 12.0. The van der Waals surface area contributed by atoms with Crippen LogP contribution in [0.15, 0.2) is 10.5 Å². The SMILES string of the molecule is CC(C)c1c(C(C)(C)N)cc(Br)c2c1OCO2. The molecule has 0 radical (unpaired) electrons. The zero-order chi connectivity index (χ0) is 12.8. The van der Waals surface area contributed by atoms with Gasteiger partial charge in [-0.25, -0.2) is 0 Å². The Morgan fingerprint density at radius 3 is 2.41 bits per heavy atom. The lowest BCUT2D eigenvalue weighted by molar-refractivity contribution is 0.172. The minimum Gasteiger partial charge on any atom is -0.453 e. The molecule has 0 saturated carbocycles. The Hall–Kier alpha value is -0.740. The number of fused-ring (bicyclic) bond motifs is 1. The van der Waals surface area contributed by atoms with Gasteiger partial charge in [0.15, 0.2) is 11.5 Å². The fourth-order valence-electron chi connectivity index (χ4n) is 2.15. The van der Waals surface area contributed by atoms with Crippen LogP contribution < -0.4 is 15.2 Å². The molecule has 0 amide bonds. The molecule has 1 aromatic carbocycles. The summed E-state index contributed by atoms with van der Waals surface area (Å²) in [5, 5.41) is 0. The molecule has 1 aromatic rings. The van der Waals surface area contributed by atoms with E-state index in [1.165, 1.54) is 0 Å². The van der Waals surface area contributed by atoms with Crippen molar-refractivity contribution in [1.29, 1.82) is 0 Å². The Morgan fingerprint density at radius 2 is 1.88 bits per heavy atom. The number of rotatable bonds is 2. The Morgan fingerprint density at radius 1 is 1.29 bits per heavy atom. The second-order valence-corrected chi connectivity index (χ2v) is 6.12. The second kappa shape index (κ2) is 4.18. The first-order valence-electron chi connectivity index (χ1n) is 5.73. The van der Waals surface area contributed by atoms with Crippen molar-refractivity contribution in [3.8, 4) is 11.5 Å². The highest BCUT2D eigenvalue weighted by Crippen LogP contribution is 2.48. The van der Waals surface area contributed by atoms with Crippen molar-refractivity contribution in [1.82, 2.24) is 0 Å². The van der Waals surface area contributed by atoms with Gasteiger partial charge in [-0.1, -0.05) is 13.8 Å². The molecule has 0 aliphatic carbocycles. The average Bonchev–Trinajstić information content (AvgIpc) is 2.64. The van der Waals surface area contributed by atoms with Crippen LogP contribution in [0.2, 0.25) is 0 Å². The lowest BCUT2D eigenvalue weighted by atomic mass is 9.85. The van der Waals surface area contributed by atoms with Gasteiger partial charge in [0.05, 0.1) is 4.47 Å². The van der Waals surface area contributed by atoms with Crippen molar-refractivity contribution in [2.75, 3.05) is 6.79 Å². The third-order valence-corrected chi connectivity index (χ3v) is 3.50. The summed E-state index contributed by atoms with van der Waals surface area (Å²) in [5.74, 6) is 1.97. The fourth-order valence-corrected chi connectivity index (χ4v) is 2.68. The van der Waals surface area contributed by atoms with E-state index in [1.54, 1.807) is 0 Å². The lowest BCUT2D eigenvalue weighted by Crippen LogP contribution is -2.30. The molecule has 0 saturated heterocycles. The van der Waals surface area contributed by atoms with Crippen molar-refractivity contribution < 1.29 is 9.47 Å². The highest BCUT2D eigenvalue weighted by Gasteiger charge is 2.30. The molecule has 1 aliphatic heterocycles. The molecule has 0 aromatic heterocycles. The van der Waals surface area contributed by atoms with E-state index in [2.05, 4.69) is 29.8 Å². The van der Waals surface area contributed by atoms with E-state index >= 15 is 0 Å². The van der Waals surface area contributed by atoms with Crippen LogP contribution in [0.3, 0.4) is 0 Å². The van der Waals surface area contributed by atoms with Gasteiger partial charge in [-0.2, -0.15) is 0 Å². The third-order valence-electron chi connectivity index (χ3n) is 2.91. The van der Waals surface area contributed by atoms with Crippen molar-refractivity contribution in [2.45, 2.75) is 39.2 Å². The van der Waals surface area contributed by atoms with Crippen LogP contribution in [0, 0.1) is 0 Å². The lowest BCUT2D eigenvalue weighted by Gasteiger charge is -2.26. The minimum atomic E-state index is -0.400. The molecule has 0 spiro atoms. The summed E-state index contributed by atoms with van der Waals surface area (Å²) in [5.41, 5.74) is 8.09. The summed E-state index contributed by atoms with van der Waals surface area (Å²) in [6.45, 7) is 8.56. The number of halogens is 1. The standard InChI is InChI=1S/C13H18BrNO2/c1-7(2)10-8(13(3,4)15)5-9(14)11-12(10)17-6-16-11/h5,7H,6,15H2,1-4H3. The van der Waals surface area contributed by atoms with Crippen LogP contribution in [-0.2, 0) is 5.54 Å². The molecule has 0 atom stereocenters. The maximum absolute atomic E-state index is 6.24. The predicted molar refractivity (Wildman–Crippen MR) is 71.6 cm³/mol. The van der Waals surface area contributed by atoms with E-state index in [9.17, 15) is 0 Å². The second-order valence-electron chi connectivity index (χ2n) is 5.26. The minimum absolute atomic E-state index is 0.280. The number of hydrogen-bond donors (Lipinski definition) is 1. The molecule has 2 N–H and O–H groups in total. The number of benzene rings is 1. The molecule has 17 heavy (non-hydrogen) atoms. The summed E-state index contributed by atoms with van der Waals surface area (Å²) in [7, 11) is 0. The van der Waals surface area contributed by atoms with E-state index in [1.807, 2.05) is 19.9 Å². The van der Waals surface area contributed by atoms with E-state index < -0.39 is 5.54 Å². The molecule has 1 aliphatic rings. The zero-order valence-electron chi connectivity index (χ0n) is 10.6. The highest BCUT2D eigenvalue weighted by atomic mass is 79.9. The number of ether oxygens (including phenoxy) is 2. The molecule has 0 fully saturated rings. The van der Waals surface area contributed by atoms with Crippen LogP contribution in [0.1, 0.15) is 44.7 Å². The smallest absolute Gasteiger partial charge is 0.231 e. The van der Waals surface area contributed by atoms with Crippen LogP contribution in [0.25, 0.3) is 0 Å². The first-order valence-corrected chi connectivity index (χ1v) is 6.53. The Balaban J connectivity index is 2.72. The molecule has 0 unspecified atom stereocenters. The molecule has 4 heteroatoms. The first kappa shape index (κ1) is 12.7. The summed E-state index contributed by atoms with van der Waals surface area (Å²) in [4.78, 5) is 0. The van der Waals surface area contributed by atoms with Crippen molar-refractivity contribution in [2.24, 2.45) is 5.73 Å². The molecule has 1 heterocycles. The van der Waals surface area contributed by atoms with E-state index in [0.29, 0.717) is 5.92 Å². The largest absolute Gasteiger partial charge is 0.453 e. The monoisotopic (exact) mass is 299 g/mol. The van der Waals surface area contributed by atoms with Gasteiger partial charge in [0.1, 0.15) is 0 Å².